The summed E-state index contributed by atoms with van der Waals surface area (Å²) in [5.41, 5.74) is 4.70. The van der Waals surface area contributed by atoms with Crippen molar-refractivity contribution in [1.29, 1.82) is 0 Å². The van der Waals surface area contributed by atoms with Crippen molar-refractivity contribution in [3.8, 4) is 0 Å². The number of hydrogen-bond donors (Lipinski definition) is 1. The number of rotatable bonds is 7. The van der Waals surface area contributed by atoms with E-state index < -0.39 is 0 Å². The monoisotopic (exact) mass is 343 g/mol. The average Bonchev–Trinajstić information content (AvgIpc) is 2.80. The molecule has 0 aliphatic rings. The van der Waals surface area contributed by atoms with Crippen LogP contribution >= 0.6 is 0 Å². The molecule has 1 aromatic rings. The molecule has 1 heterocycles. The summed E-state index contributed by atoms with van der Waals surface area (Å²) in [6.45, 7) is 19.8. The lowest BCUT2D eigenvalue weighted by molar-refractivity contribution is 0.0950. The fourth-order valence-electron chi connectivity index (χ4n) is 2.43. The molecule has 1 aromatic heterocycles. The first kappa shape index (κ1) is 20.9. The Labute approximate surface area is 152 Å². The van der Waals surface area contributed by atoms with Gasteiger partial charge in [0.25, 0.3) is 5.91 Å². The van der Waals surface area contributed by atoms with Crippen LogP contribution in [0.4, 0.5) is 0 Å². The summed E-state index contributed by atoms with van der Waals surface area (Å²) in [5, 5.41) is 7.44. The Balaban J connectivity index is 2.75. The van der Waals surface area contributed by atoms with Gasteiger partial charge in [-0.3, -0.25) is 9.48 Å². The summed E-state index contributed by atoms with van der Waals surface area (Å²) >= 11 is 0. The molecule has 0 radical (unpaired) electrons. The van der Waals surface area contributed by atoms with Crippen LogP contribution in [-0.2, 0) is 6.54 Å². The third-order valence-electron chi connectivity index (χ3n) is 4.13. The normalized spacial score (nSPS) is 12.7. The fraction of sp³-hybridized carbons (Fsp3) is 0.524. The van der Waals surface area contributed by atoms with Gasteiger partial charge in [-0.15, -0.1) is 0 Å². The predicted molar refractivity (Wildman–Crippen MR) is 106 cm³/mol. The van der Waals surface area contributed by atoms with Gasteiger partial charge in [-0.25, -0.2) is 0 Å². The number of nitrogens with one attached hydrogen (secondary N) is 1. The Hall–Kier alpha value is -2.10. The van der Waals surface area contributed by atoms with Gasteiger partial charge in [0.15, 0.2) is 5.69 Å². The van der Waals surface area contributed by atoms with Crippen molar-refractivity contribution < 1.29 is 4.79 Å². The van der Waals surface area contributed by atoms with Crippen molar-refractivity contribution in [3.05, 3.63) is 52.9 Å². The molecule has 138 valence electrons. The molecule has 0 spiro atoms. The summed E-state index contributed by atoms with van der Waals surface area (Å²) in [6.07, 6.45) is 7.06. The third-order valence-corrected chi connectivity index (χ3v) is 4.13. The maximum atomic E-state index is 12.5. The number of carbonyl (C=O) groups excluding carboxylic acids is 1. The smallest absolute Gasteiger partial charge is 0.272 e. The van der Waals surface area contributed by atoms with Crippen LogP contribution in [0.15, 0.2) is 36.0 Å². The summed E-state index contributed by atoms with van der Waals surface area (Å²) in [6, 6.07) is 0. The van der Waals surface area contributed by atoms with Gasteiger partial charge in [-0.05, 0) is 38.2 Å². The second kappa shape index (κ2) is 8.84. The van der Waals surface area contributed by atoms with E-state index in [0.29, 0.717) is 12.2 Å². The van der Waals surface area contributed by atoms with Crippen LogP contribution in [0.5, 0.6) is 0 Å². The highest BCUT2D eigenvalue weighted by Crippen LogP contribution is 2.20. The van der Waals surface area contributed by atoms with Crippen molar-refractivity contribution in [2.24, 2.45) is 5.41 Å². The van der Waals surface area contributed by atoms with Crippen molar-refractivity contribution in [1.82, 2.24) is 15.1 Å². The lowest BCUT2D eigenvalue weighted by Crippen LogP contribution is -2.26. The van der Waals surface area contributed by atoms with E-state index in [1.165, 1.54) is 5.57 Å². The minimum absolute atomic E-state index is 0.111. The second-order valence-corrected chi connectivity index (χ2v) is 7.67. The number of amides is 1. The standard InChI is InChI=1S/C21H33N3O/c1-9-18(10-2)12-11-15(3)13-22-20(25)19-16(4)17(5)24(23-19)14-21(6,7)8/h9,11-12H,3,10,13-14H2,1-2,4-8H3,(H,22,25)/b12-11-,18-9-. The third kappa shape index (κ3) is 6.37. The van der Waals surface area contributed by atoms with Gasteiger partial charge in [-0.1, -0.05) is 58.1 Å². The molecule has 0 saturated heterocycles. The highest BCUT2D eigenvalue weighted by molar-refractivity contribution is 5.94. The fourth-order valence-corrected chi connectivity index (χ4v) is 2.43. The first-order valence-electron chi connectivity index (χ1n) is 8.92. The Bertz CT molecular complexity index is 685. The van der Waals surface area contributed by atoms with Crippen LogP contribution in [-0.4, -0.2) is 22.2 Å². The van der Waals surface area contributed by atoms with E-state index in [2.05, 4.69) is 50.8 Å². The molecular formula is C21H33N3O. The van der Waals surface area contributed by atoms with E-state index in [0.717, 1.165) is 29.8 Å². The zero-order valence-electron chi connectivity index (χ0n) is 16.9. The summed E-state index contributed by atoms with van der Waals surface area (Å²) < 4.78 is 1.93. The Morgan fingerprint density at radius 1 is 1.28 bits per heavy atom. The van der Waals surface area contributed by atoms with Crippen LogP contribution in [0.25, 0.3) is 0 Å². The van der Waals surface area contributed by atoms with Crippen molar-refractivity contribution in [3.63, 3.8) is 0 Å². The molecule has 0 bridgehead atoms. The maximum Gasteiger partial charge on any atom is 0.272 e. The highest BCUT2D eigenvalue weighted by Gasteiger charge is 2.20. The van der Waals surface area contributed by atoms with E-state index in [9.17, 15) is 4.79 Å². The molecule has 0 saturated carbocycles. The average molecular weight is 344 g/mol. The van der Waals surface area contributed by atoms with Crippen LogP contribution in [0.3, 0.4) is 0 Å². The molecule has 0 aliphatic carbocycles. The summed E-state index contributed by atoms with van der Waals surface area (Å²) in [4.78, 5) is 12.5. The first-order valence-corrected chi connectivity index (χ1v) is 8.92. The highest BCUT2D eigenvalue weighted by atomic mass is 16.1. The van der Waals surface area contributed by atoms with E-state index >= 15 is 0 Å². The van der Waals surface area contributed by atoms with Crippen LogP contribution in [0.1, 0.15) is 62.8 Å². The molecule has 4 nitrogen and oxygen atoms in total. The zero-order valence-corrected chi connectivity index (χ0v) is 16.9. The summed E-state index contributed by atoms with van der Waals surface area (Å²) in [7, 11) is 0. The number of hydrogen-bond acceptors (Lipinski definition) is 2. The van der Waals surface area contributed by atoms with Crippen molar-refractivity contribution in [2.45, 2.75) is 61.4 Å². The van der Waals surface area contributed by atoms with Gasteiger partial charge in [0.1, 0.15) is 0 Å². The van der Waals surface area contributed by atoms with Gasteiger partial charge in [0, 0.05) is 24.3 Å². The Morgan fingerprint density at radius 2 is 1.92 bits per heavy atom. The second-order valence-electron chi connectivity index (χ2n) is 7.67. The maximum absolute atomic E-state index is 12.5. The predicted octanol–water partition coefficient (Wildman–Crippen LogP) is 4.74. The molecule has 1 rings (SSSR count). The number of aromatic nitrogens is 2. The summed E-state index contributed by atoms with van der Waals surface area (Å²) in [5.74, 6) is -0.149. The van der Waals surface area contributed by atoms with E-state index in [-0.39, 0.29) is 11.3 Å². The molecule has 0 aromatic carbocycles. The Morgan fingerprint density at radius 3 is 2.44 bits per heavy atom. The lowest BCUT2D eigenvalue weighted by Gasteiger charge is -2.19. The Kier molecular flexibility index (Phi) is 7.40. The molecule has 1 amide bonds. The van der Waals surface area contributed by atoms with E-state index in [1.807, 2.05) is 37.6 Å². The molecule has 0 atom stereocenters. The molecule has 0 aliphatic heterocycles. The topological polar surface area (TPSA) is 46.9 Å². The molecule has 1 N–H and O–H groups in total. The van der Waals surface area contributed by atoms with Gasteiger partial charge in [0.2, 0.25) is 0 Å². The van der Waals surface area contributed by atoms with E-state index in [4.69, 9.17) is 0 Å². The zero-order chi connectivity index (χ0) is 19.2. The number of allylic oxidation sites excluding steroid dienone is 3. The number of carbonyl (C=O) groups is 1. The van der Waals surface area contributed by atoms with Crippen LogP contribution in [0, 0.1) is 19.3 Å². The largest absolute Gasteiger partial charge is 0.347 e. The molecule has 0 fully saturated rings. The van der Waals surface area contributed by atoms with Gasteiger partial charge in [-0.2, -0.15) is 5.10 Å². The quantitative estimate of drug-likeness (QED) is 0.727. The minimum atomic E-state index is -0.149. The molecular weight excluding hydrogens is 310 g/mol. The molecule has 0 unspecified atom stereocenters. The van der Waals surface area contributed by atoms with Crippen molar-refractivity contribution >= 4 is 5.91 Å². The molecule has 4 heteroatoms. The van der Waals surface area contributed by atoms with Crippen LogP contribution < -0.4 is 5.32 Å². The molecule has 25 heavy (non-hydrogen) atoms. The van der Waals surface area contributed by atoms with Gasteiger partial charge < -0.3 is 5.32 Å². The van der Waals surface area contributed by atoms with E-state index in [1.54, 1.807) is 0 Å². The first-order chi connectivity index (χ1) is 11.6. The minimum Gasteiger partial charge on any atom is -0.347 e. The van der Waals surface area contributed by atoms with Gasteiger partial charge >= 0.3 is 0 Å². The van der Waals surface area contributed by atoms with Crippen molar-refractivity contribution in [2.75, 3.05) is 6.54 Å². The van der Waals surface area contributed by atoms with Crippen LogP contribution in [0.2, 0.25) is 0 Å². The lowest BCUT2D eigenvalue weighted by atomic mass is 9.97. The SMILES string of the molecule is C=C(/C=C\C(=C/C)CC)CNC(=O)c1nn(CC(C)(C)C)c(C)c1C. The van der Waals surface area contributed by atoms with Gasteiger partial charge in [0.05, 0.1) is 0 Å². The number of nitrogens with zero attached hydrogens (tertiary/aromatic N) is 2.